The summed E-state index contributed by atoms with van der Waals surface area (Å²) in [6.45, 7) is 2.08. The summed E-state index contributed by atoms with van der Waals surface area (Å²) in [6.07, 6.45) is 4.81. The summed E-state index contributed by atoms with van der Waals surface area (Å²) in [4.78, 5) is 25.9. The zero-order valence-corrected chi connectivity index (χ0v) is 19.2. The Hall–Kier alpha value is -3.33. The molecule has 9 heteroatoms. The predicted octanol–water partition coefficient (Wildman–Crippen LogP) is 5.57. The lowest BCUT2D eigenvalue weighted by molar-refractivity contribution is -0.109. The van der Waals surface area contributed by atoms with E-state index in [9.17, 15) is 14.0 Å². The number of benzene rings is 2. The molecule has 1 N–H and O–H groups in total. The van der Waals surface area contributed by atoms with E-state index >= 15 is 0 Å². The molecule has 0 unspecified atom stereocenters. The van der Waals surface area contributed by atoms with Crippen LogP contribution in [0, 0.1) is 5.82 Å². The maximum absolute atomic E-state index is 14.4. The highest BCUT2D eigenvalue weighted by atomic mass is 32.2. The van der Waals surface area contributed by atoms with Crippen LogP contribution >= 0.6 is 11.8 Å². The Morgan fingerprint density at radius 3 is 2.67 bits per heavy atom. The summed E-state index contributed by atoms with van der Waals surface area (Å²) in [5, 5.41) is 3.17. The SMILES string of the molecule is COc1cc2c(Oc3ccc(NC=O)cc3F)ccnc2cc1OCCCCCSC(C)=O. The number of anilines is 1. The fourth-order valence-electron chi connectivity index (χ4n) is 3.13. The number of thioether (sulfide) groups is 1. The number of carbonyl (C=O) groups is 2. The van der Waals surface area contributed by atoms with Crippen LogP contribution in [0.4, 0.5) is 10.1 Å². The second-order valence-electron chi connectivity index (χ2n) is 7.09. The quantitative estimate of drug-likeness (QED) is 0.272. The molecule has 1 amide bonds. The molecule has 3 rings (SSSR count). The first-order valence-electron chi connectivity index (χ1n) is 10.4. The number of pyridine rings is 1. The number of ether oxygens (including phenoxy) is 3. The summed E-state index contributed by atoms with van der Waals surface area (Å²) >= 11 is 1.34. The average molecular weight is 473 g/mol. The molecule has 1 heterocycles. The minimum Gasteiger partial charge on any atom is -0.493 e. The Labute approximate surface area is 195 Å². The van der Waals surface area contributed by atoms with Gasteiger partial charge in [0, 0.05) is 42.1 Å². The van der Waals surface area contributed by atoms with Crippen LogP contribution in [0.15, 0.2) is 42.6 Å². The van der Waals surface area contributed by atoms with E-state index in [-0.39, 0.29) is 10.9 Å². The second-order valence-corrected chi connectivity index (χ2v) is 8.36. The normalized spacial score (nSPS) is 10.6. The molecule has 0 aliphatic rings. The molecule has 174 valence electrons. The third-order valence-electron chi connectivity index (χ3n) is 4.72. The number of amides is 1. The van der Waals surface area contributed by atoms with Crippen molar-refractivity contribution in [1.82, 2.24) is 4.98 Å². The minimum absolute atomic E-state index is 0.0150. The van der Waals surface area contributed by atoms with Crippen LogP contribution in [-0.4, -0.2) is 36.0 Å². The number of hydrogen-bond donors (Lipinski definition) is 1. The van der Waals surface area contributed by atoms with Crippen LogP contribution in [0.1, 0.15) is 26.2 Å². The number of carbonyl (C=O) groups excluding carboxylic acids is 2. The van der Waals surface area contributed by atoms with Gasteiger partial charge in [-0.2, -0.15) is 0 Å². The van der Waals surface area contributed by atoms with Gasteiger partial charge in [0.25, 0.3) is 0 Å². The smallest absolute Gasteiger partial charge is 0.211 e. The third-order valence-corrected chi connectivity index (χ3v) is 5.62. The molecule has 0 spiro atoms. The van der Waals surface area contributed by atoms with Crippen LogP contribution in [0.2, 0.25) is 0 Å². The van der Waals surface area contributed by atoms with E-state index in [1.54, 1.807) is 44.5 Å². The van der Waals surface area contributed by atoms with E-state index in [2.05, 4.69) is 10.3 Å². The van der Waals surface area contributed by atoms with E-state index in [0.29, 0.717) is 46.9 Å². The third kappa shape index (κ3) is 6.82. The van der Waals surface area contributed by atoms with E-state index in [1.165, 1.54) is 23.9 Å². The van der Waals surface area contributed by atoms with Gasteiger partial charge in [0.1, 0.15) is 5.75 Å². The molecule has 0 aliphatic carbocycles. The van der Waals surface area contributed by atoms with Crippen LogP contribution < -0.4 is 19.5 Å². The highest BCUT2D eigenvalue weighted by Crippen LogP contribution is 2.37. The first kappa shape index (κ1) is 24.3. The Bertz CT molecular complexity index is 1130. The Morgan fingerprint density at radius 2 is 1.94 bits per heavy atom. The van der Waals surface area contributed by atoms with Crippen LogP contribution in [0.3, 0.4) is 0 Å². The van der Waals surface area contributed by atoms with Crippen molar-refractivity contribution in [2.75, 3.05) is 24.8 Å². The summed E-state index contributed by atoms with van der Waals surface area (Å²) in [6, 6.07) is 9.31. The van der Waals surface area contributed by atoms with Gasteiger partial charge >= 0.3 is 0 Å². The standard InChI is InChI=1S/C24H25FN2O5S/c1-16(29)33-11-5-3-4-10-31-24-14-20-18(13-23(24)30-2)21(8-9-26-20)32-22-7-6-17(27-15-28)12-19(22)25/h6-9,12-15H,3-5,10-11H2,1-2H3,(H,27,28). The van der Waals surface area contributed by atoms with Crippen molar-refractivity contribution >= 4 is 39.9 Å². The molecule has 0 radical (unpaired) electrons. The molecule has 0 atom stereocenters. The van der Waals surface area contributed by atoms with Gasteiger partial charge in [-0.15, -0.1) is 0 Å². The molecule has 0 saturated carbocycles. The second kappa shape index (κ2) is 12.1. The molecule has 3 aromatic rings. The number of aromatic nitrogens is 1. The van der Waals surface area contributed by atoms with Gasteiger partial charge in [-0.3, -0.25) is 14.6 Å². The van der Waals surface area contributed by atoms with Gasteiger partial charge in [-0.05, 0) is 43.5 Å². The lowest BCUT2D eigenvalue weighted by atomic mass is 10.1. The van der Waals surface area contributed by atoms with Crippen molar-refractivity contribution in [3.05, 3.63) is 48.4 Å². The van der Waals surface area contributed by atoms with Gasteiger partial charge in [-0.1, -0.05) is 11.8 Å². The molecular weight excluding hydrogens is 447 g/mol. The monoisotopic (exact) mass is 472 g/mol. The van der Waals surface area contributed by atoms with Gasteiger partial charge in [0.15, 0.2) is 28.2 Å². The molecule has 0 fully saturated rings. The molecule has 7 nitrogen and oxygen atoms in total. The number of unbranched alkanes of at least 4 members (excludes halogenated alkanes) is 2. The van der Waals surface area contributed by atoms with Gasteiger partial charge in [0.2, 0.25) is 6.41 Å². The summed E-state index contributed by atoms with van der Waals surface area (Å²) in [5.74, 6) is 1.70. The molecule has 0 saturated heterocycles. The zero-order valence-electron chi connectivity index (χ0n) is 18.4. The Kier molecular flexibility index (Phi) is 8.88. The lowest BCUT2D eigenvalue weighted by Crippen LogP contribution is -2.01. The molecule has 33 heavy (non-hydrogen) atoms. The maximum atomic E-state index is 14.4. The van der Waals surface area contributed by atoms with E-state index < -0.39 is 5.82 Å². The van der Waals surface area contributed by atoms with E-state index in [1.807, 2.05) is 0 Å². The molecule has 2 aromatic carbocycles. The molecule has 0 aliphatic heterocycles. The summed E-state index contributed by atoms with van der Waals surface area (Å²) in [5.41, 5.74) is 0.941. The maximum Gasteiger partial charge on any atom is 0.211 e. The topological polar surface area (TPSA) is 86.8 Å². The fourth-order valence-corrected chi connectivity index (χ4v) is 3.76. The highest BCUT2D eigenvalue weighted by Gasteiger charge is 2.14. The number of fused-ring (bicyclic) bond motifs is 1. The Morgan fingerprint density at radius 1 is 1.09 bits per heavy atom. The van der Waals surface area contributed by atoms with E-state index in [0.717, 1.165) is 25.0 Å². The van der Waals surface area contributed by atoms with Crippen LogP contribution in [0.5, 0.6) is 23.0 Å². The van der Waals surface area contributed by atoms with Crippen molar-refractivity contribution < 1.29 is 28.2 Å². The molecule has 1 aromatic heterocycles. The number of nitrogens with zero attached hydrogens (tertiary/aromatic N) is 1. The first-order chi connectivity index (χ1) is 16.0. The number of nitrogens with one attached hydrogen (secondary N) is 1. The average Bonchev–Trinajstić information content (AvgIpc) is 2.80. The predicted molar refractivity (Wildman–Crippen MR) is 127 cm³/mol. The largest absolute Gasteiger partial charge is 0.493 e. The first-order valence-corrected chi connectivity index (χ1v) is 11.4. The van der Waals surface area contributed by atoms with Gasteiger partial charge < -0.3 is 19.5 Å². The van der Waals surface area contributed by atoms with Crippen molar-refractivity contribution in [3.8, 4) is 23.0 Å². The van der Waals surface area contributed by atoms with Crippen LogP contribution in [-0.2, 0) is 9.59 Å². The summed E-state index contributed by atoms with van der Waals surface area (Å²) in [7, 11) is 1.54. The molecular formula is C24H25FN2O5S. The fraction of sp³-hybridized carbons (Fsp3) is 0.292. The highest BCUT2D eigenvalue weighted by molar-refractivity contribution is 8.13. The van der Waals surface area contributed by atoms with Crippen molar-refractivity contribution in [2.45, 2.75) is 26.2 Å². The Balaban J connectivity index is 1.72. The van der Waals surface area contributed by atoms with Crippen molar-refractivity contribution in [3.63, 3.8) is 0 Å². The van der Waals surface area contributed by atoms with E-state index in [4.69, 9.17) is 14.2 Å². The van der Waals surface area contributed by atoms with Crippen molar-refractivity contribution in [2.24, 2.45) is 0 Å². The number of rotatable bonds is 12. The minimum atomic E-state index is -0.611. The zero-order chi connectivity index (χ0) is 23.6. The van der Waals surface area contributed by atoms with Crippen molar-refractivity contribution in [1.29, 1.82) is 0 Å². The van der Waals surface area contributed by atoms with Crippen LogP contribution in [0.25, 0.3) is 10.9 Å². The number of methoxy groups -OCH3 is 1. The number of hydrogen-bond acceptors (Lipinski definition) is 7. The molecule has 0 bridgehead atoms. The lowest BCUT2D eigenvalue weighted by Gasteiger charge is -2.14. The number of halogens is 1. The summed E-state index contributed by atoms with van der Waals surface area (Å²) < 4.78 is 31.6. The van der Waals surface area contributed by atoms with Gasteiger partial charge in [-0.25, -0.2) is 4.39 Å². The van der Waals surface area contributed by atoms with Gasteiger partial charge in [0.05, 0.1) is 19.2 Å².